The summed E-state index contributed by atoms with van der Waals surface area (Å²) in [4.78, 5) is 5.61. The topological polar surface area (TPSA) is 35.8 Å². The molecule has 1 N–H and O–H groups in total. The number of nitrogens with zero attached hydrogens (tertiary/aromatic N) is 2. The van der Waals surface area contributed by atoms with Gasteiger partial charge in [-0.2, -0.15) is 0 Å². The van der Waals surface area contributed by atoms with Crippen LogP contribution < -0.4 is 0 Å². The van der Waals surface area contributed by atoms with Gasteiger partial charge in [0, 0.05) is 41.2 Å². The molecule has 23 heavy (non-hydrogen) atoms. The van der Waals surface area contributed by atoms with E-state index in [1.54, 1.807) is 11.9 Å². The number of fused-ring (bicyclic) bond motifs is 2. The highest BCUT2D eigenvalue weighted by molar-refractivity contribution is 7.97. The summed E-state index contributed by atoms with van der Waals surface area (Å²) in [5, 5.41) is 9.18. The van der Waals surface area contributed by atoms with E-state index in [1.165, 1.54) is 16.5 Å². The summed E-state index contributed by atoms with van der Waals surface area (Å²) >= 11 is 1.69. The fourth-order valence-corrected chi connectivity index (χ4v) is 4.37. The van der Waals surface area contributed by atoms with Crippen LogP contribution in [0, 0.1) is 0 Å². The van der Waals surface area contributed by atoms with E-state index in [0.717, 1.165) is 22.4 Å². The number of aliphatic hydroxyl groups excluding tert-OH is 1. The van der Waals surface area contributed by atoms with E-state index in [4.69, 9.17) is 0 Å². The van der Waals surface area contributed by atoms with Crippen LogP contribution in [0.15, 0.2) is 57.8 Å². The second kappa shape index (κ2) is 5.74. The maximum absolute atomic E-state index is 13.4. The van der Waals surface area contributed by atoms with Gasteiger partial charge in [-0.1, -0.05) is 6.07 Å². The smallest absolute Gasteiger partial charge is 0.106 e. The van der Waals surface area contributed by atoms with Crippen molar-refractivity contribution in [3.8, 4) is 0 Å². The van der Waals surface area contributed by atoms with Gasteiger partial charge in [0.15, 0.2) is 0 Å². The van der Waals surface area contributed by atoms with Crippen LogP contribution in [0.3, 0.4) is 0 Å². The summed E-state index contributed by atoms with van der Waals surface area (Å²) in [6, 6.07) is 6.69. The molecule has 1 atom stereocenters. The zero-order valence-electron chi connectivity index (χ0n) is 12.8. The predicted molar refractivity (Wildman–Crippen MR) is 91.8 cm³/mol. The number of β-amino-alcohol motifs (C(OH)–C–C–N with tert-alkyl or cyclic N) is 1. The maximum atomic E-state index is 13.4. The number of allylic oxidation sites excluding steroid dienone is 5. The Bertz CT molecular complexity index is 794. The number of hydrogen-bond donors (Lipinski definition) is 1. The first-order valence-corrected chi connectivity index (χ1v) is 8.48. The number of aliphatic imine (C=N–C) groups is 1. The molecule has 118 valence electrons. The fourth-order valence-electron chi connectivity index (χ4n) is 3.21. The highest BCUT2D eigenvalue weighted by atomic mass is 32.2. The molecule has 1 aliphatic carbocycles. The molecular formula is C18H17FN2OS. The Morgan fingerprint density at radius 2 is 2.22 bits per heavy atom. The minimum Gasteiger partial charge on any atom is -0.395 e. The third-order valence-electron chi connectivity index (χ3n) is 4.46. The van der Waals surface area contributed by atoms with Crippen LogP contribution in [0.4, 0.5) is 4.39 Å². The summed E-state index contributed by atoms with van der Waals surface area (Å²) in [6.45, 7) is 2.97. The number of rotatable bonds is 3. The van der Waals surface area contributed by atoms with E-state index in [9.17, 15) is 9.50 Å². The van der Waals surface area contributed by atoms with Crippen molar-refractivity contribution >= 4 is 23.2 Å². The monoisotopic (exact) mass is 328 g/mol. The predicted octanol–water partition coefficient (Wildman–Crippen LogP) is 4.04. The van der Waals surface area contributed by atoms with E-state index >= 15 is 0 Å². The quantitative estimate of drug-likeness (QED) is 0.851. The minimum absolute atomic E-state index is 0.138. The molecule has 0 saturated heterocycles. The van der Waals surface area contributed by atoms with Gasteiger partial charge in [-0.05, 0) is 54.3 Å². The molecule has 0 radical (unpaired) electrons. The molecule has 0 spiro atoms. The average molecular weight is 328 g/mol. The normalized spacial score (nSPS) is 23.0. The van der Waals surface area contributed by atoms with Crippen LogP contribution in [0.2, 0.25) is 0 Å². The van der Waals surface area contributed by atoms with Gasteiger partial charge < -0.3 is 5.11 Å². The first-order valence-electron chi connectivity index (χ1n) is 7.71. The Balaban J connectivity index is 1.66. The minimum atomic E-state index is -0.138. The van der Waals surface area contributed by atoms with Crippen molar-refractivity contribution in [3.05, 3.63) is 59.1 Å². The molecule has 0 bridgehead atoms. The van der Waals surface area contributed by atoms with Crippen molar-refractivity contribution in [2.75, 3.05) is 13.2 Å². The summed E-state index contributed by atoms with van der Waals surface area (Å²) in [7, 11) is 0. The van der Waals surface area contributed by atoms with E-state index in [0.29, 0.717) is 6.54 Å². The van der Waals surface area contributed by atoms with Gasteiger partial charge in [0.1, 0.15) is 5.83 Å². The number of hydrogen-bond acceptors (Lipinski definition) is 4. The van der Waals surface area contributed by atoms with Crippen molar-refractivity contribution in [1.29, 1.82) is 0 Å². The van der Waals surface area contributed by atoms with E-state index in [2.05, 4.69) is 34.4 Å². The van der Waals surface area contributed by atoms with Crippen molar-refractivity contribution in [1.82, 2.24) is 4.31 Å². The lowest BCUT2D eigenvalue weighted by Gasteiger charge is -2.18. The van der Waals surface area contributed by atoms with Gasteiger partial charge in [-0.3, -0.25) is 4.99 Å². The van der Waals surface area contributed by atoms with Gasteiger partial charge in [0.25, 0.3) is 0 Å². The SMILES string of the molecule is CC1c2cc(C3=CN=C4CC(F)=CC=C34)ccc2SN1CCO. The Labute approximate surface area is 139 Å². The van der Waals surface area contributed by atoms with E-state index < -0.39 is 0 Å². The largest absolute Gasteiger partial charge is 0.395 e. The van der Waals surface area contributed by atoms with Crippen molar-refractivity contribution < 1.29 is 9.50 Å². The summed E-state index contributed by atoms with van der Waals surface area (Å²) in [5.74, 6) is -0.138. The highest BCUT2D eigenvalue weighted by Gasteiger charge is 2.29. The zero-order valence-corrected chi connectivity index (χ0v) is 13.6. The molecule has 2 aliphatic heterocycles. The lowest BCUT2D eigenvalue weighted by molar-refractivity contribution is 0.246. The number of halogens is 1. The standard InChI is InChI=1S/C18H17FN2OS/c1-11-15-8-12(2-5-18(15)23-21(11)6-7-22)16-10-20-17-9-13(19)3-4-14(16)17/h2-5,8,10-11,22H,6-7,9H2,1H3. The second-order valence-corrected chi connectivity index (χ2v) is 6.96. The second-order valence-electron chi connectivity index (χ2n) is 5.87. The molecule has 1 aromatic rings. The van der Waals surface area contributed by atoms with Crippen molar-refractivity contribution in [2.45, 2.75) is 24.3 Å². The van der Waals surface area contributed by atoms with Crippen LogP contribution in [0.1, 0.15) is 30.5 Å². The number of aliphatic hydroxyl groups is 1. The average Bonchev–Trinajstić information content (AvgIpc) is 3.09. The Morgan fingerprint density at radius 1 is 1.35 bits per heavy atom. The maximum Gasteiger partial charge on any atom is 0.106 e. The zero-order chi connectivity index (χ0) is 16.0. The van der Waals surface area contributed by atoms with Gasteiger partial charge in [0.05, 0.1) is 12.3 Å². The Hall–Kier alpha value is -1.69. The lowest BCUT2D eigenvalue weighted by Crippen LogP contribution is -2.18. The lowest BCUT2D eigenvalue weighted by atomic mass is 9.91. The van der Waals surface area contributed by atoms with Crippen LogP contribution >= 0.6 is 11.9 Å². The molecule has 0 saturated carbocycles. The van der Waals surface area contributed by atoms with Crippen LogP contribution in [0.25, 0.3) is 5.57 Å². The Morgan fingerprint density at radius 3 is 3.04 bits per heavy atom. The molecule has 3 aliphatic rings. The van der Waals surface area contributed by atoms with Gasteiger partial charge in [-0.25, -0.2) is 8.70 Å². The van der Waals surface area contributed by atoms with E-state index in [1.807, 2.05) is 12.3 Å². The van der Waals surface area contributed by atoms with E-state index in [-0.39, 0.29) is 24.9 Å². The van der Waals surface area contributed by atoms with Crippen molar-refractivity contribution in [3.63, 3.8) is 0 Å². The number of benzene rings is 1. The molecule has 1 unspecified atom stereocenters. The first-order chi connectivity index (χ1) is 11.2. The molecule has 0 amide bonds. The summed E-state index contributed by atoms with van der Waals surface area (Å²) < 4.78 is 15.6. The molecule has 4 rings (SSSR count). The molecule has 0 fully saturated rings. The van der Waals surface area contributed by atoms with Crippen molar-refractivity contribution in [2.24, 2.45) is 4.99 Å². The highest BCUT2D eigenvalue weighted by Crippen LogP contribution is 2.45. The van der Waals surface area contributed by atoms with Crippen LogP contribution in [-0.4, -0.2) is 28.3 Å². The first kappa shape index (κ1) is 14.9. The van der Waals surface area contributed by atoms with Gasteiger partial charge >= 0.3 is 0 Å². The molecule has 1 aromatic carbocycles. The third-order valence-corrected chi connectivity index (χ3v) is 5.76. The fraction of sp³-hybridized carbons (Fsp3) is 0.278. The summed E-state index contributed by atoms with van der Waals surface area (Å²) in [5.41, 5.74) is 5.28. The van der Waals surface area contributed by atoms with Crippen LogP contribution in [0.5, 0.6) is 0 Å². The molecule has 5 heteroatoms. The van der Waals surface area contributed by atoms with Crippen LogP contribution in [-0.2, 0) is 0 Å². The molecule has 3 nitrogen and oxygen atoms in total. The molecule has 2 heterocycles. The molecule has 0 aromatic heterocycles. The Kier molecular flexibility index (Phi) is 3.71. The molecular weight excluding hydrogens is 311 g/mol. The summed E-state index contributed by atoms with van der Waals surface area (Å²) in [6.07, 6.45) is 5.48. The third kappa shape index (κ3) is 2.49. The van der Waals surface area contributed by atoms with Gasteiger partial charge in [0.2, 0.25) is 0 Å². The van der Waals surface area contributed by atoms with Gasteiger partial charge in [-0.15, -0.1) is 0 Å².